The summed E-state index contributed by atoms with van der Waals surface area (Å²) in [6, 6.07) is 0. The zero-order valence-corrected chi connectivity index (χ0v) is 13.4. The highest BCUT2D eigenvalue weighted by Crippen LogP contribution is 2.27. The lowest BCUT2D eigenvalue weighted by atomic mass is 10.3. The summed E-state index contributed by atoms with van der Waals surface area (Å²) in [5, 5.41) is 0.909. The van der Waals surface area contributed by atoms with Crippen LogP contribution in [-0.2, 0) is 4.74 Å². The lowest BCUT2D eigenvalue weighted by molar-refractivity contribution is 0.0531. The number of ether oxygens (including phenoxy) is 1. The van der Waals surface area contributed by atoms with Crippen LogP contribution in [0.3, 0.4) is 0 Å². The molecule has 1 saturated heterocycles. The van der Waals surface area contributed by atoms with E-state index < -0.39 is 0 Å². The first kappa shape index (κ1) is 15.8. The lowest BCUT2D eigenvalue weighted by Crippen LogP contribution is -2.46. The van der Waals surface area contributed by atoms with Crippen molar-refractivity contribution in [2.24, 2.45) is 0 Å². The number of piperazine rings is 1. The Morgan fingerprint density at radius 2 is 2.14 bits per heavy atom. The Bertz CT molecular complexity index is 528. The molecule has 1 aliphatic rings. The summed E-state index contributed by atoms with van der Waals surface area (Å²) in [4.78, 5) is 21.6. The molecule has 0 atom stereocenters. The number of anilines is 1. The van der Waals surface area contributed by atoms with E-state index in [0.29, 0.717) is 11.5 Å². The number of nitrogens with zero attached hydrogens (tertiary/aromatic N) is 3. The van der Waals surface area contributed by atoms with Crippen molar-refractivity contribution >= 4 is 22.4 Å². The second kappa shape index (κ2) is 7.43. The molecule has 0 amide bonds. The molecular weight excluding hydrogens is 286 g/mol. The van der Waals surface area contributed by atoms with Gasteiger partial charge in [-0.3, -0.25) is 4.90 Å². The fraction of sp³-hybridized carbons (Fsp3) is 0.600. The summed E-state index contributed by atoms with van der Waals surface area (Å²) >= 11 is 1.42. The van der Waals surface area contributed by atoms with E-state index in [4.69, 9.17) is 11.2 Å². The maximum absolute atomic E-state index is 11.8. The average Bonchev–Trinajstić information content (AvgIpc) is 2.88. The predicted molar refractivity (Wildman–Crippen MR) is 84.9 cm³/mol. The van der Waals surface area contributed by atoms with Crippen LogP contribution in [0.1, 0.15) is 28.7 Å². The third kappa shape index (κ3) is 3.96. The number of rotatable bonds is 5. The van der Waals surface area contributed by atoms with Gasteiger partial charge in [-0.15, -0.1) is 12.3 Å². The maximum Gasteiger partial charge on any atom is 0.350 e. The molecule has 2 rings (SSSR count). The third-order valence-electron chi connectivity index (χ3n) is 3.46. The molecule has 0 aliphatic carbocycles. The van der Waals surface area contributed by atoms with E-state index in [2.05, 4.69) is 20.7 Å². The predicted octanol–water partition coefficient (Wildman–Crippen LogP) is 1.77. The van der Waals surface area contributed by atoms with Crippen molar-refractivity contribution in [3.63, 3.8) is 0 Å². The molecule has 0 unspecified atom stereocenters. The van der Waals surface area contributed by atoms with E-state index in [-0.39, 0.29) is 5.97 Å². The van der Waals surface area contributed by atoms with Crippen LogP contribution in [0.15, 0.2) is 0 Å². The number of aryl methyl sites for hydroxylation is 1. The molecule has 114 valence electrons. The van der Waals surface area contributed by atoms with Crippen LogP contribution in [0.25, 0.3) is 0 Å². The molecule has 1 aromatic rings. The summed E-state index contributed by atoms with van der Waals surface area (Å²) in [6.45, 7) is 8.80. The van der Waals surface area contributed by atoms with Gasteiger partial charge in [-0.1, -0.05) is 11.3 Å². The quantitative estimate of drug-likeness (QED) is 0.613. The van der Waals surface area contributed by atoms with Gasteiger partial charge in [0.25, 0.3) is 0 Å². The topological polar surface area (TPSA) is 45.7 Å². The van der Waals surface area contributed by atoms with Crippen LogP contribution in [0.2, 0.25) is 0 Å². The summed E-state index contributed by atoms with van der Waals surface area (Å²) in [7, 11) is 0. The molecule has 0 spiro atoms. The highest BCUT2D eigenvalue weighted by molar-refractivity contribution is 7.17. The molecule has 1 fully saturated rings. The van der Waals surface area contributed by atoms with Crippen LogP contribution < -0.4 is 4.90 Å². The molecule has 0 saturated carbocycles. The third-order valence-corrected chi connectivity index (χ3v) is 4.66. The first-order valence-electron chi connectivity index (χ1n) is 7.21. The molecule has 21 heavy (non-hydrogen) atoms. The Morgan fingerprint density at radius 1 is 1.43 bits per heavy atom. The van der Waals surface area contributed by atoms with E-state index in [1.807, 2.05) is 13.8 Å². The number of aromatic nitrogens is 1. The molecule has 0 bridgehead atoms. The SMILES string of the molecule is C#CCCN1CCN(c2nc(C)c(C(=O)OCC)s2)CC1. The molecule has 0 radical (unpaired) electrons. The zero-order chi connectivity index (χ0) is 15.2. The van der Waals surface area contributed by atoms with Gasteiger partial charge in [-0.05, 0) is 13.8 Å². The number of terminal acetylenes is 1. The standard InChI is InChI=1S/C15H21N3O2S/c1-4-6-7-17-8-10-18(11-9-17)15-16-12(3)13(21-15)14(19)20-5-2/h1H,5-11H2,2-3H3. The van der Waals surface area contributed by atoms with Crippen molar-refractivity contribution in [3.05, 3.63) is 10.6 Å². The van der Waals surface area contributed by atoms with Crippen molar-refractivity contribution in [1.29, 1.82) is 0 Å². The smallest absolute Gasteiger partial charge is 0.350 e. The second-order valence-electron chi connectivity index (χ2n) is 4.91. The van der Waals surface area contributed by atoms with Gasteiger partial charge in [0.1, 0.15) is 4.88 Å². The van der Waals surface area contributed by atoms with E-state index in [9.17, 15) is 4.79 Å². The minimum absolute atomic E-state index is 0.272. The lowest BCUT2D eigenvalue weighted by Gasteiger charge is -2.34. The van der Waals surface area contributed by atoms with Gasteiger partial charge in [0, 0.05) is 39.1 Å². The van der Waals surface area contributed by atoms with Gasteiger partial charge in [-0.25, -0.2) is 9.78 Å². The Hall–Kier alpha value is -1.58. The first-order valence-corrected chi connectivity index (χ1v) is 8.02. The summed E-state index contributed by atoms with van der Waals surface area (Å²) in [6.07, 6.45) is 6.09. The molecule has 0 N–H and O–H groups in total. The number of carbonyl (C=O) groups is 1. The van der Waals surface area contributed by atoms with Crippen LogP contribution in [0.5, 0.6) is 0 Å². The summed E-state index contributed by atoms with van der Waals surface area (Å²) in [5.74, 6) is 2.40. The molecule has 6 heteroatoms. The number of hydrogen-bond acceptors (Lipinski definition) is 6. The molecule has 2 heterocycles. The minimum atomic E-state index is -0.272. The summed E-state index contributed by atoms with van der Waals surface area (Å²) in [5.41, 5.74) is 0.753. The highest BCUT2D eigenvalue weighted by Gasteiger charge is 2.22. The molecule has 1 aromatic heterocycles. The van der Waals surface area contributed by atoms with Crippen molar-refractivity contribution in [2.45, 2.75) is 20.3 Å². The van der Waals surface area contributed by atoms with Gasteiger partial charge < -0.3 is 9.64 Å². The van der Waals surface area contributed by atoms with E-state index in [1.165, 1.54) is 11.3 Å². The van der Waals surface area contributed by atoms with Crippen molar-refractivity contribution in [3.8, 4) is 12.3 Å². The summed E-state index contributed by atoms with van der Waals surface area (Å²) < 4.78 is 5.06. The molecular formula is C15H21N3O2S. The monoisotopic (exact) mass is 307 g/mol. The van der Waals surface area contributed by atoms with Crippen LogP contribution in [0, 0.1) is 19.3 Å². The van der Waals surface area contributed by atoms with Crippen molar-refractivity contribution in [2.75, 3.05) is 44.2 Å². The van der Waals surface area contributed by atoms with Gasteiger partial charge in [0.05, 0.1) is 12.3 Å². The van der Waals surface area contributed by atoms with Crippen LogP contribution in [0.4, 0.5) is 5.13 Å². The Morgan fingerprint density at radius 3 is 2.76 bits per heavy atom. The fourth-order valence-corrected chi connectivity index (χ4v) is 3.30. The van der Waals surface area contributed by atoms with E-state index in [1.54, 1.807) is 0 Å². The van der Waals surface area contributed by atoms with Crippen LogP contribution >= 0.6 is 11.3 Å². The van der Waals surface area contributed by atoms with Gasteiger partial charge in [0.15, 0.2) is 5.13 Å². The number of thiazole rings is 1. The Kier molecular flexibility index (Phi) is 5.59. The highest BCUT2D eigenvalue weighted by atomic mass is 32.1. The fourth-order valence-electron chi connectivity index (χ4n) is 2.29. The average molecular weight is 307 g/mol. The molecule has 0 aromatic carbocycles. The minimum Gasteiger partial charge on any atom is -0.462 e. The molecule has 5 nitrogen and oxygen atoms in total. The number of carbonyl (C=O) groups excluding carboxylic acids is 1. The van der Waals surface area contributed by atoms with E-state index in [0.717, 1.165) is 50.0 Å². The normalized spacial score (nSPS) is 15.8. The van der Waals surface area contributed by atoms with E-state index >= 15 is 0 Å². The second-order valence-corrected chi connectivity index (χ2v) is 5.89. The first-order chi connectivity index (χ1) is 10.2. The largest absolute Gasteiger partial charge is 0.462 e. The van der Waals surface area contributed by atoms with Gasteiger partial charge in [-0.2, -0.15) is 0 Å². The van der Waals surface area contributed by atoms with Gasteiger partial charge >= 0.3 is 5.97 Å². The number of hydrogen-bond donors (Lipinski definition) is 0. The number of esters is 1. The van der Waals surface area contributed by atoms with Crippen LogP contribution in [-0.4, -0.2) is 55.2 Å². The zero-order valence-electron chi connectivity index (χ0n) is 12.6. The van der Waals surface area contributed by atoms with Gasteiger partial charge in [0.2, 0.25) is 0 Å². The maximum atomic E-state index is 11.8. The Labute approximate surface area is 129 Å². The van der Waals surface area contributed by atoms with Crippen molar-refractivity contribution in [1.82, 2.24) is 9.88 Å². The molecule has 1 aliphatic heterocycles. The van der Waals surface area contributed by atoms with Crippen molar-refractivity contribution < 1.29 is 9.53 Å². The Balaban J connectivity index is 1.96.